The summed E-state index contributed by atoms with van der Waals surface area (Å²) < 4.78 is 0. The van der Waals surface area contributed by atoms with E-state index in [2.05, 4.69) is 94.9 Å². The minimum absolute atomic E-state index is 0.545. The van der Waals surface area contributed by atoms with E-state index in [-0.39, 0.29) is 0 Å². The number of hydrogen-bond acceptors (Lipinski definition) is 7. The van der Waals surface area contributed by atoms with Gasteiger partial charge in [0, 0.05) is 73.2 Å². The molecule has 0 bridgehead atoms. The van der Waals surface area contributed by atoms with Crippen molar-refractivity contribution in [1.82, 2.24) is 34.9 Å². The van der Waals surface area contributed by atoms with Crippen molar-refractivity contribution in [3.63, 3.8) is 0 Å². The van der Waals surface area contributed by atoms with E-state index in [1.807, 2.05) is 66.9 Å². The van der Waals surface area contributed by atoms with Crippen LogP contribution in [0, 0.1) is 0 Å². The normalized spacial score (nSPS) is 11.7. The zero-order chi connectivity index (χ0) is 35.6. The molecule has 5 aromatic heterocycles. The number of rotatable bonds is 4. The second-order valence-electron chi connectivity index (χ2n) is 13.3. The summed E-state index contributed by atoms with van der Waals surface area (Å²) in [4.78, 5) is 35.1. The standard InChI is InChI=1S/C47H27N7/c1-2-11-29-28(10-1)21-22-37-42(29)36-12-3-4-18-41(36)51-44(37)38-24-23-35(32-17-9-27-50-43(32)38)47-53-45(33-13-5-19-39-30(33)15-7-25-48-39)52-46(54-47)34-14-6-20-40-31(34)16-8-26-49-40/h1-27H. The van der Waals surface area contributed by atoms with Crippen molar-refractivity contribution in [2.75, 3.05) is 0 Å². The van der Waals surface area contributed by atoms with Crippen molar-refractivity contribution >= 4 is 65.2 Å². The molecule has 0 aliphatic heterocycles. The number of hydrogen-bond donors (Lipinski definition) is 0. The molecule has 0 amide bonds. The third-order valence-corrected chi connectivity index (χ3v) is 10.3. The summed E-state index contributed by atoms with van der Waals surface area (Å²) in [6.07, 6.45) is 5.44. The van der Waals surface area contributed by atoms with Crippen molar-refractivity contribution in [1.29, 1.82) is 0 Å². The molecule has 250 valence electrons. The smallest absolute Gasteiger partial charge is 0.164 e. The number of para-hydroxylation sites is 1. The Balaban J connectivity index is 1.19. The van der Waals surface area contributed by atoms with Gasteiger partial charge in [0.1, 0.15) is 0 Å². The summed E-state index contributed by atoms with van der Waals surface area (Å²) in [7, 11) is 0. The lowest BCUT2D eigenvalue weighted by Crippen LogP contribution is -2.02. The first-order valence-electron chi connectivity index (χ1n) is 17.8. The van der Waals surface area contributed by atoms with Crippen molar-refractivity contribution in [3.05, 3.63) is 164 Å². The molecule has 11 rings (SSSR count). The van der Waals surface area contributed by atoms with Gasteiger partial charge >= 0.3 is 0 Å². The van der Waals surface area contributed by atoms with Gasteiger partial charge in [-0.2, -0.15) is 0 Å². The van der Waals surface area contributed by atoms with Crippen LogP contribution in [0.2, 0.25) is 0 Å². The molecule has 0 spiro atoms. The molecule has 0 aliphatic rings. The maximum Gasteiger partial charge on any atom is 0.164 e. The van der Waals surface area contributed by atoms with Crippen LogP contribution in [0.5, 0.6) is 0 Å². The molecule has 0 fully saturated rings. The number of pyridine rings is 4. The Bertz CT molecular complexity index is 3180. The van der Waals surface area contributed by atoms with Crippen molar-refractivity contribution in [2.24, 2.45) is 0 Å². The summed E-state index contributed by atoms with van der Waals surface area (Å²) in [6, 6.07) is 49.6. The van der Waals surface area contributed by atoms with Gasteiger partial charge in [-0.1, -0.05) is 97.1 Å². The summed E-state index contributed by atoms with van der Waals surface area (Å²) in [6.45, 7) is 0. The highest BCUT2D eigenvalue weighted by Crippen LogP contribution is 2.41. The fourth-order valence-corrected chi connectivity index (χ4v) is 7.82. The van der Waals surface area contributed by atoms with Gasteiger partial charge in [-0.3, -0.25) is 15.0 Å². The topological polar surface area (TPSA) is 90.2 Å². The fourth-order valence-electron chi connectivity index (χ4n) is 7.82. The Kier molecular flexibility index (Phi) is 6.72. The fraction of sp³-hybridized carbons (Fsp3) is 0. The highest BCUT2D eigenvalue weighted by molar-refractivity contribution is 6.23. The second kappa shape index (κ2) is 12.0. The zero-order valence-electron chi connectivity index (χ0n) is 28.7. The van der Waals surface area contributed by atoms with E-state index in [1.165, 1.54) is 16.2 Å². The first-order chi connectivity index (χ1) is 26.8. The van der Waals surface area contributed by atoms with Gasteiger partial charge in [-0.05, 0) is 59.3 Å². The molecule has 54 heavy (non-hydrogen) atoms. The predicted molar refractivity (Wildman–Crippen MR) is 218 cm³/mol. The van der Waals surface area contributed by atoms with Crippen LogP contribution in [0.4, 0.5) is 0 Å². The molecule has 0 unspecified atom stereocenters. The minimum atomic E-state index is 0.545. The second-order valence-corrected chi connectivity index (χ2v) is 13.3. The van der Waals surface area contributed by atoms with Crippen LogP contribution >= 0.6 is 0 Å². The molecule has 0 aliphatic carbocycles. The first-order valence-corrected chi connectivity index (χ1v) is 17.8. The van der Waals surface area contributed by atoms with E-state index >= 15 is 0 Å². The van der Waals surface area contributed by atoms with E-state index < -0.39 is 0 Å². The molecule has 7 nitrogen and oxygen atoms in total. The lowest BCUT2D eigenvalue weighted by atomic mass is 9.93. The number of aromatic nitrogens is 7. The average molecular weight is 690 g/mol. The van der Waals surface area contributed by atoms with Gasteiger partial charge in [0.2, 0.25) is 0 Å². The zero-order valence-corrected chi connectivity index (χ0v) is 28.7. The Morgan fingerprint density at radius 3 is 1.54 bits per heavy atom. The van der Waals surface area contributed by atoms with Gasteiger partial charge in [0.05, 0.1) is 27.8 Å². The monoisotopic (exact) mass is 689 g/mol. The van der Waals surface area contributed by atoms with Gasteiger partial charge in [0.25, 0.3) is 0 Å². The maximum absolute atomic E-state index is 5.31. The van der Waals surface area contributed by atoms with Crippen molar-refractivity contribution < 1.29 is 0 Å². The molecule has 7 heteroatoms. The molecular weight excluding hydrogens is 663 g/mol. The van der Waals surface area contributed by atoms with E-state index in [4.69, 9.17) is 24.9 Å². The molecular formula is C47H27N7. The van der Waals surface area contributed by atoms with E-state index in [0.717, 1.165) is 76.9 Å². The quantitative estimate of drug-likeness (QED) is 0.170. The Morgan fingerprint density at radius 2 is 0.833 bits per heavy atom. The van der Waals surface area contributed by atoms with Crippen LogP contribution in [0.3, 0.4) is 0 Å². The molecule has 0 N–H and O–H groups in total. The lowest BCUT2D eigenvalue weighted by molar-refractivity contribution is 1.08. The van der Waals surface area contributed by atoms with E-state index in [0.29, 0.717) is 17.5 Å². The van der Waals surface area contributed by atoms with Crippen molar-refractivity contribution in [3.8, 4) is 45.4 Å². The number of nitrogens with zero attached hydrogens (tertiary/aromatic N) is 7. The number of fused-ring (bicyclic) bond motifs is 8. The largest absolute Gasteiger partial charge is 0.256 e. The Labute approximate surface area is 308 Å². The van der Waals surface area contributed by atoms with Crippen LogP contribution in [0.1, 0.15) is 0 Å². The Hall–Kier alpha value is -7.51. The highest BCUT2D eigenvalue weighted by atomic mass is 15.0. The van der Waals surface area contributed by atoms with Gasteiger partial charge in [-0.25, -0.2) is 19.9 Å². The number of benzene rings is 6. The summed E-state index contributed by atoms with van der Waals surface area (Å²) in [5, 5.41) is 8.62. The first kappa shape index (κ1) is 30.1. The minimum Gasteiger partial charge on any atom is -0.256 e. The summed E-state index contributed by atoms with van der Waals surface area (Å²) in [5.74, 6) is 1.66. The van der Waals surface area contributed by atoms with Gasteiger partial charge in [-0.15, -0.1) is 0 Å². The van der Waals surface area contributed by atoms with Crippen LogP contribution in [-0.4, -0.2) is 34.9 Å². The van der Waals surface area contributed by atoms with Crippen LogP contribution in [0.15, 0.2) is 164 Å². The molecule has 11 aromatic rings. The SMILES string of the molecule is c1ccc2c(c1)ccc1c(-c3ccc(-c4nc(-c5cccc6ncccc56)nc(-c5cccc6ncccc56)n4)c4cccnc34)nc3ccccc3c12. The van der Waals surface area contributed by atoms with Crippen LogP contribution in [0.25, 0.3) is 111 Å². The third kappa shape index (κ3) is 4.72. The van der Waals surface area contributed by atoms with Gasteiger partial charge in [0.15, 0.2) is 17.5 Å². The molecule has 5 heterocycles. The molecule has 0 radical (unpaired) electrons. The molecule has 0 atom stereocenters. The summed E-state index contributed by atoms with van der Waals surface area (Å²) >= 11 is 0. The predicted octanol–water partition coefficient (Wildman–Crippen LogP) is 11.0. The average Bonchev–Trinajstić information content (AvgIpc) is 3.25. The van der Waals surface area contributed by atoms with Gasteiger partial charge < -0.3 is 0 Å². The lowest BCUT2D eigenvalue weighted by Gasteiger charge is -2.15. The van der Waals surface area contributed by atoms with Crippen molar-refractivity contribution in [2.45, 2.75) is 0 Å². The Morgan fingerprint density at radius 1 is 0.296 bits per heavy atom. The molecule has 0 saturated heterocycles. The summed E-state index contributed by atoms with van der Waals surface area (Å²) in [5.41, 5.74) is 7.92. The third-order valence-electron chi connectivity index (χ3n) is 10.3. The van der Waals surface area contributed by atoms with E-state index in [9.17, 15) is 0 Å². The molecule has 0 saturated carbocycles. The van der Waals surface area contributed by atoms with Crippen LogP contribution < -0.4 is 0 Å². The highest BCUT2D eigenvalue weighted by Gasteiger charge is 2.21. The molecule has 6 aromatic carbocycles. The maximum atomic E-state index is 5.31. The van der Waals surface area contributed by atoms with Crippen LogP contribution in [-0.2, 0) is 0 Å². The van der Waals surface area contributed by atoms with E-state index in [1.54, 1.807) is 12.4 Å².